The van der Waals surface area contributed by atoms with Crippen LogP contribution >= 0.6 is 0 Å². The van der Waals surface area contributed by atoms with Gasteiger partial charge in [0.25, 0.3) is 0 Å². The molecule has 0 rings (SSSR count). The first kappa shape index (κ1) is 22.2. The summed E-state index contributed by atoms with van der Waals surface area (Å²) in [6.45, 7) is 11.9. The molecule has 0 aliphatic rings. The molecule has 0 heterocycles. The van der Waals surface area contributed by atoms with E-state index in [4.69, 9.17) is 10.2 Å². The van der Waals surface area contributed by atoms with Gasteiger partial charge in [0.1, 0.15) is 0 Å². The highest BCUT2D eigenvalue weighted by Crippen LogP contribution is 2.01. The number of hydrogen-bond acceptors (Lipinski definition) is 3. The van der Waals surface area contributed by atoms with Crippen LogP contribution in [0.15, 0.2) is 0 Å². The number of unbranched alkanes of at least 4 members (excludes halogenated alkanes) is 3. The first-order valence-electron chi connectivity index (χ1n) is 8.08. The average molecular weight is 303 g/mol. The molecule has 0 saturated heterocycles. The number of nitrogens with zero attached hydrogens (tertiary/aromatic N) is 1. The van der Waals surface area contributed by atoms with Crippen LogP contribution in [-0.2, 0) is 9.59 Å². The largest absolute Gasteiger partial charge is 0.481 e. The Balaban J connectivity index is 0. The lowest BCUT2D eigenvalue weighted by molar-refractivity contribution is -0.153. The Kier molecular flexibility index (Phi) is 16.2. The van der Waals surface area contributed by atoms with Gasteiger partial charge in [0, 0.05) is 0 Å². The molecule has 0 fully saturated rings. The van der Waals surface area contributed by atoms with Crippen molar-refractivity contribution in [3.05, 3.63) is 0 Å². The molecule has 0 aromatic rings. The first-order chi connectivity index (χ1) is 9.90. The van der Waals surface area contributed by atoms with Crippen LogP contribution in [0, 0.1) is 5.92 Å². The third-order valence-electron chi connectivity index (χ3n) is 3.22. The topological polar surface area (TPSA) is 77.8 Å². The second kappa shape index (κ2) is 15.3. The molecule has 5 nitrogen and oxygen atoms in total. The zero-order valence-electron chi connectivity index (χ0n) is 14.1. The van der Waals surface area contributed by atoms with Crippen molar-refractivity contribution in [2.45, 2.75) is 66.2 Å². The van der Waals surface area contributed by atoms with Crippen molar-refractivity contribution in [3.8, 4) is 0 Å². The van der Waals surface area contributed by atoms with Gasteiger partial charge in [0.15, 0.2) is 5.92 Å². The van der Waals surface area contributed by atoms with Crippen molar-refractivity contribution in [3.63, 3.8) is 0 Å². The molecule has 0 atom stereocenters. The lowest BCUT2D eigenvalue weighted by Crippen LogP contribution is -2.27. The molecule has 0 saturated carbocycles. The van der Waals surface area contributed by atoms with Crippen molar-refractivity contribution in [1.29, 1.82) is 0 Å². The number of hydrogen-bond donors (Lipinski definition) is 2. The zero-order valence-corrected chi connectivity index (χ0v) is 14.1. The van der Waals surface area contributed by atoms with Gasteiger partial charge in [-0.05, 0) is 45.8 Å². The van der Waals surface area contributed by atoms with E-state index in [1.165, 1.54) is 58.2 Å². The smallest absolute Gasteiger partial charge is 0.317 e. The molecule has 0 amide bonds. The van der Waals surface area contributed by atoms with E-state index in [1.54, 1.807) is 0 Å². The van der Waals surface area contributed by atoms with Gasteiger partial charge in [-0.3, -0.25) is 9.59 Å². The lowest BCUT2D eigenvalue weighted by atomic mass is 10.2. The minimum Gasteiger partial charge on any atom is -0.481 e. The molecule has 126 valence electrons. The minimum absolute atomic E-state index is 1.12. The monoisotopic (exact) mass is 303 g/mol. The van der Waals surface area contributed by atoms with Crippen LogP contribution in [0.3, 0.4) is 0 Å². The molecule has 21 heavy (non-hydrogen) atoms. The molecule has 0 aliphatic heterocycles. The van der Waals surface area contributed by atoms with Crippen molar-refractivity contribution < 1.29 is 19.8 Å². The van der Waals surface area contributed by atoms with Gasteiger partial charge < -0.3 is 15.1 Å². The number of aliphatic carboxylic acids is 2. The van der Waals surface area contributed by atoms with E-state index in [0.717, 1.165) is 6.92 Å². The molecular formula is C16H33NO4. The molecule has 0 bridgehead atoms. The van der Waals surface area contributed by atoms with Crippen molar-refractivity contribution in [2.24, 2.45) is 5.92 Å². The molecule has 2 N–H and O–H groups in total. The van der Waals surface area contributed by atoms with Gasteiger partial charge in [-0.15, -0.1) is 0 Å². The number of rotatable bonds is 11. The summed E-state index contributed by atoms with van der Waals surface area (Å²) in [5.41, 5.74) is 0. The summed E-state index contributed by atoms with van der Waals surface area (Å²) < 4.78 is 0. The summed E-state index contributed by atoms with van der Waals surface area (Å²) in [4.78, 5) is 22.2. The van der Waals surface area contributed by atoms with Crippen molar-refractivity contribution in [2.75, 3.05) is 19.6 Å². The van der Waals surface area contributed by atoms with E-state index < -0.39 is 17.9 Å². The Labute approximate surface area is 129 Å². The fraction of sp³-hybridized carbons (Fsp3) is 0.875. The standard InChI is InChI=1S/C12H27N.C4H6O4/c1-4-7-10-13(11-8-5-2)12-9-6-3;1-2(3(5)6)4(7)8/h4-12H2,1-3H3;2H,1H3,(H,5,6)(H,7,8). The van der Waals surface area contributed by atoms with Gasteiger partial charge in [-0.2, -0.15) is 0 Å². The summed E-state index contributed by atoms with van der Waals surface area (Å²) in [5, 5.41) is 15.9. The van der Waals surface area contributed by atoms with Crippen molar-refractivity contribution >= 4 is 11.9 Å². The van der Waals surface area contributed by atoms with Crippen LogP contribution in [0.1, 0.15) is 66.2 Å². The zero-order chi connectivity index (χ0) is 16.7. The van der Waals surface area contributed by atoms with Crippen molar-refractivity contribution in [1.82, 2.24) is 4.90 Å². The Morgan fingerprint density at radius 2 is 1.10 bits per heavy atom. The fourth-order valence-electron chi connectivity index (χ4n) is 1.59. The summed E-state index contributed by atoms with van der Waals surface area (Å²) in [6.07, 6.45) is 8.09. The lowest BCUT2D eigenvalue weighted by Gasteiger charge is -2.21. The van der Waals surface area contributed by atoms with Gasteiger partial charge in [0.05, 0.1) is 0 Å². The van der Waals surface area contributed by atoms with E-state index >= 15 is 0 Å². The second-order valence-electron chi connectivity index (χ2n) is 5.30. The van der Waals surface area contributed by atoms with E-state index in [1.807, 2.05) is 0 Å². The van der Waals surface area contributed by atoms with Crippen LogP contribution in [-0.4, -0.2) is 46.7 Å². The quantitative estimate of drug-likeness (QED) is 0.571. The maximum Gasteiger partial charge on any atom is 0.317 e. The summed E-state index contributed by atoms with van der Waals surface area (Å²) in [7, 11) is 0. The van der Waals surface area contributed by atoms with Crippen LogP contribution in [0.25, 0.3) is 0 Å². The summed E-state index contributed by atoms with van der Waals surface area (Å²) in [6, 6.07) is 0. The van der Waals surface area contributed by atoms with Crippen LogP contribution in [0.5, 0.6) is 0 Å². The first-order valence-corrected chi connectivity index (χ1v) is 8.08. The van der Waals surface area contributed by atoms with Crippen LogP contribution < -0.4 is 0 Å². The Bertz CT molecular complexity index is 236. The highest BCUT2D eigenvalue weighted by molar-refractivity contribution is 5.92. The predicted octanol–water partition coefficient (Wildman–Crippen LogP) is 3.48. The highest BCUT2D eigenvalue weighted by atomic mass is 16.4. The predicted molar refractivity (Wildman–Crippen MR) is 85.6 cm³/mol. The summed E-state index contributed by atoms with van der Waals surface area (Å²) >= 11 is 0. The molecular weight excluding hydrogens is 270 g/mol. The third-order valence-corrected chi connectivity index (χ3v) is 3.22. The number of carboxylic acids is 2. The van der Waals surface area contributed by atoms with Gasteiger partial charge in [-0.1, -0.05) is 40.0 Å². The number of carboxylic acid groups (broad SMARTS) is 2. The van der Waals surface area contributed by atoms with E-state index in [9.17, 15) is 9.59 Å². The molecule has 0 aliphatic carbocycles. The minimum atomic E-state index is -1.31. The van der Waals surface area contributed by atoms with E-state index in [2.05, 4.69) is 25.7 Å². The van der Waals surface area contributed by atoms with Gasteiger partial charge >= 0.3 is 11.9 Å². The SMILES string of the molecule is CC(C(=O)O)C(=O)O.CCCCN(CCCC)CCCC. The van der Waals surface area contributed by atoms with Crippen LogP contribution in [0.4, 0.5) is 0 Å². The second-order valence-corrected chi connectivity index (χ2v) is 5.30. The Morgan fingerprint density at radius 3 is 1.24 bits per heavy atom. The normalized spacial score (nSPS) is 10.4. The third kappa shape index (κ3) is 15.1. The molecule has 0 radical (unpaired) electrons. The molecule has 0 unspecified atom stereocenters. The Morgan fingerprint density at radius 1 is 0.810 bits per heavy atom. The molecule has 0 spiro atoms. The number of carbonyl (C=O) groups is 2. The summed E-state index contributed by atoms with van der Waals surface area (Å²) in [5.74, 6) is -3.91. The maximum atomic E-state index is 9.76. The molecule has 0 aromatic carbocycles. The fourth-order valence-corrected chi connectivity index (χ4v) is 1.59. The van der Waals surface area contributed by atoms with Gasteiger partial charge in [0.2, 0.25) is 0 Å². The van der Waals surface area contributed by atoms with Gasteiger partial charge in [-0.25, -0.2) is 0 Å². The van der Waals surface area contributed by atoms with E-state index in [0.29, 0.717) is 0 Å². The Hall–Kier alpha value is -1.10. The highest BCUT2D eigenvalue weighted by Gasteiger charge is 2.18. The van der Waals surface area contributed by atoms with Crippen LogP contribution in [0.2, 0.25) is 0 Å². The molecule has 5 heteroatoms. The molecule has 0 aromatic heterocycles. The average Bonchev–Trinajstić information content (AvgIpc) is 2.46. The maximum absolute atomic E-state index is 9.76. The van der Waals surface area contributed by atoms with E-state index in [-0.39, 0.29) is 0 Å².